The van der Waals surface area contributed by atoms with Crippen LogP contribution in [0, 0.1) is 0 Å². The lowest BCUT2D eigenvalue weighted by atomic mass is 9.80. The second kappa shape index (κ2) is 8.40. The Morgan fingerprint density at radius 3 is 2.83 bits per heavy atom. The van der Waals surface area contributed by atoms with Crippen LogP contribution in [0.15, 0.2) is 6.20 Å². The van der Waals surface area contributed by atoms with Gasteiger partial charge in [0.25, 0.3) is 0 Å². The van der Waals surface area contributed by atoms with E-state index >= 15 is 0 Å². The molecule has 2 saturated heterocycles. The monoisotopic (exact) mass is 415 g/mol. The van der Waals surface area contributed by atoms with E-state index in [2.05, 4.69) is 21.8 Å². The van der Waals surface area contributed by atoms with Crippen LogP contribution in [0.2, 0.25) is 0 Å². The van der Waals surface area contributed by atoms with Gasteiger partial charge in [-0.3, -0.25) is 4.79 Å². The van der Waals surface area contributed by atoms with Crippen molar-refractivity contribution in [3.8, 4) is 0 Å². The minimum Gasteiger partial charge on any atom is -0.376 e. The summed E-state index contributed by atoms with van der Waals surface area (Å²) in [6.45, 7) is 6.71. The molecule has 1 atom stereocenters. The van der Waals surface area contributed by atoms with E-state index < -0.39 is 0 Å². The number of anilines is 1. The fourth-order valence-electron chi connectivity index (χ4n) is 5.28. The number of carbonyl (C=O) groups is 1. The Morgan fingerprint density at radius 2 is 2.03 bits per heavy atom. The SMILES string of the molecule is CN1CCN(c2ncc3c(n2)[C@]2(CCN(C(=O)COC4CCCC4)C2)COC3)CC1. The van der Waals surface area contributed by atoms with E-state index in [0.29, 0.717) is 19.8 Å². The molecule has 5 rings (SSSR count). The number of hydrogen-bond donors (Lipinski definition) is 0. The molecular weight excluding hydrogens is 382 g/mol. The summed E-state index contributed by atoms with van der Waals surface area (Å²) in [5, 5.41) is 0. The molecule has 0 N–H and O–H groups in total. The Hall–Kier alpha value is -1.77. The van der Waals surface area contributed by atoms with Crippen LogP contribution in [0.5, 0.6) is 0 Å². The predicted octanol–water partition coefficient (Wildman–Crippen LogP) is 1.19. The molecule has 30 heavy (non-hydrogen) atoms. The van der Waals surface area contributed by atoms with E-state index in [1.54, 1.807) is 0 Å². The first-order valence-corrected chi connectivity index (χ1v) is 11.4. The highest BCUT2D eigenvalue weighted by Gasteiger charge is 2.46. The van der Waals surface area contributed by atoms with E-state index in [1.807, 2.05) is 11.1 Å². The van der Waals surface area contributed by atoms with Crippen LogP contribution in [0.25, 0.3) is 0 Å². The van der Waals surface area contributed by atoms with Crippen molar-refractivity contribution in [1.82, 2.24) is 19.8 Å². The average molecular weight is 416 g/mol. The molecule has 1 amide bonds. The molecule has 4 heterocycles. The number of aromatic nitrogens is 2. The van der Waals surface area contributed by atoms with Gasteiger partial charge >= 0.3 is 0 Å². The first-order chi connectivity index (χ1) is 14.6. The van der Waals surface area contributed by atoms with Gasteiger partial charge in [-0.25, -0.2) is 9.97 Å². The Bertz CT molecular complexity index is 776. The number of rotatable bonds is 4. The molecule has 1 saturated carbocycles. The minimum atomic E-state index is -0.221. The molecule has 4 aliphatic rings. The van der Waals surface area contributed by atoms with Gasteiger partial charge in [0.05, 0.1) is 30.4 Å². The predicted molar refractivity (Wildman–Crippen MR) is 112 cm³/mol. The number of carbonyl (C=O) groups excluding carboxylic acids is 1. The molecule has 1 aromatic rings. The van der Waals surface area contributed by atoms with Gasteiger partial charge in [0, 0.05) is 51.0 Å². The lowest BCUT2D eigenvalue weighted by Crippen LogP contribution is -2.46. The molecule has 3 aliphatic heterocycles. The van der Waals surface area contributed by atoms with E-state index in [0.717, 1.165) is 69.2 Å². The summed E-state index contributed by atoms with van der Waals surface area (Å²) in [7, 11) is 2.15. The third-order valence-corrected chi connectivity index (χ3v) is 7.23. The maximum atomic E-state index is 12.8. The number of likely N-dealkylation sites (N-methyl/N-ethyl adjacent to an activating group) is 1. The summed E-state index contributed by atoms with van der Waals surface area (Å²) in [6, 6.07) is 0. The van der Waals surface area contributed by atoms with Crippen LogP contribution in [0.3, 0.4) is 0 Å². The van der Waals surface area contributed by atoms with Crippen molar-refractivity contribution in [2.75, 3.05) is 64.4 Å². The van der Waals surface area contributed by atoms with Gasteiger partial charge in [-0.2, -0.15) is 0 Å². The maximum Gasteiger partial charge on any atom is 0.248 e. The van der Waals surface area contributed by atoms with Gasteiger partial charge in [-0.1, -0.05) is 12.8 Å². The summed E-state index contributed by atoms with van der Waals surface area (Å²) >= 11 is 0. The molecule has 0 bridgehead atoms. The van der Waals surface area contributed by atoms with Crippen molar-refractivity contribution < 1.29 is 14.3 Å². The molecule has 1 aromatic heterocycles. The van der Waals surface area contributed by atoms with Gasteiger partial charge < -0.3 is 24.2 Å². The fraction of sp³-hybridized carbons (Fsp3) is 0.773. The lowest BCUT2D eigenvalue weighted by molar-refractivity contribution is -0.137. The van der Waals surface area contributed by atoms with E-state index in [-0.39, 0.29) is 24.0 Å². The summed E-state index contributed by atoms with van der Waals surface area (Å²) in [6.07, 6.45) is 7.70. The number of piperazine rings is 1. The first-order valence-electron chi connectivity index (χ1n) is 11.4. The molecule has 8 nitrogen and oxygen atoms in total. The molecule has 1 aliphatic carbocycles. The van der Waals surface area contributed by atoms with Gasteiger partial charge in [-0.15, -0.1) is 0 Å². The number of amides is 1. The Kier molecular flexibility index (Phi) is 5.64. The zero-order valence-electron chi connectivity index (χ0n) is 18.0. The van der Waals surface area contributed by atoms with Crippen molar-refractivity contribution >= 4 is 11.9 Å². The van der Waals surface area contributed by atoms with Crippen LogP contribution in [0.1, 0.15) is 43.4 Å². The Balaban J connectivity index is 1.29. The van der Waals surface area contributed by atoms with Crippen LogP contribution >= 0.6 is 0 Å². The standard InChI is InChI=1S/C22H33N5O3/c1-25-8-10-26(11-9-25)21-23-12-17-13-29-16-22(20(17)24-21)6-7-27(15-22)19(28)14-30-18-4-2-3-5-18/h12,18H,2-11,13-16H2,1H3/t22-/m0/s1. The van der Waals surface area contributed by atoms with Crippen LogP contribution in [-0.4, -0.2) is 91.3 Å². The van der Waals surface area contributed by atoms with Crippen LogP contribution < -0.4 is 4.90 Å². The van der Waals surface area contributed by atoms with Crippen LogP contribution in [0.4, 0.5) is 5.95 Å². The summed E-state index contributed by atoms with van der Waals surface area (Å²) in [5.74, 6) is 0.914. The highest BCUT2D eigenvalue weighted by molar-refractivity contribution is 5.78. The zero-order valence-corrected chi connectivity index (χ0v) is 18.0. The number of likely N-dealkylation sites (tertiary alicyclic amines) is 1. The molecule has 0 unspecified atom stereocenters. The number of fused-ring (bicyclic) bond motifs is 2. The summed E-state index contributed by atoms with van der Waals surface area (Å²) < 4.78 is 11.8. The average Bonchev–Trinajstić information content (AvgIpc) is 3.44. The van der Waals surface area contributed by atoms with Crippen molar-refractivity contribution in [1.29, 1.82) is 0 Å². The molecular formula is C22H33N5O3. The van der Waals surface area contributed by atoms with Gasteiger partial charge in [0.15, 0.2) is 0 Å². The third kappa shape index (κ3) is 3.92. The van der Waals surface area contributed by atoms with Crippen LogP contribution in [-0.2, 0) is 26.3 Å². The Labute approximate surface area is 178 Å². The molecule has 0 aromatic carbocycles. The van der Waals surface area contributed by atoms with Crippen molar-refractivity contribution in [2.24, 2.45) is 0 Å². The van der Waals surface area contributed by atoms with Gasteiger partial charge in [0.1, 0.15) is 6.61 Å². The number of ether oxygens (including phenoxy) is 2. The molecule has 164 valence electrons. The largest absolute Gasteiger partial charge is 0.376 e. The molecule has 3 fully saturated rings. The van der Waals surface area contributed by atoms with E-state index in [4.69, 9.17) is 14.5 Å². The smallest absolute Gasteiger partial charge is 0.248 e. The minimum absolute atomic E-state index is 0.0965. The maximum absolute atomic E-state index is 12.8. The second-order valence-electron chi connectivity index (χ2n) is 9.39. The van der Waals surface area contributed by atoms with Crippen molar-refractivity contribution in [2.45, 2.75) is 50.2 Å². The number of nitrogens with zero attached hydrogens (tertiary/aromatic N) is 5. The van der Waals surface area contributed by atoms with E-state index in [1.165, 1.54) is 12.8 Å². The first kappa shape index (κ1) is 20.2. The lowest BCUT2D eigenvalue weighted by Gasteiger charge is -2.36. The van der Waals surface area contributed by atoms with Gasteiger partial charge in [-0.05, 0) is 26.3 Å². The highest BCUT2D eigenvalue weighted by atomic mass is 16.5. The highest BCUT2D eigenvalue weighted by Crippen LogP contribution is 2.39. The zero-order chi connectivity index (χ0) is 20.6. The molecule has 8 heteroatoms. The topological polar surface area (TPSA) is 71.0 Å². The van der Waals surface area contributed by atoms with E-state index in [9.17, 15) is 4.79 Å². The Morgan fingerprint density at radius 1 is 1.23 bits per heavy atom. The second-order valence-corrected chi connectivity index (χ2v) is 9.39. The summed E-state index contributed by atoms with van der Waals surface area (Å²) in [5.41, 5.74) is 1.93. The molecule has 0 radical (unpaired) electrons. The van der Waals surface area contributed by atoms with Crippen molar-refractivity contribution in [3.63, 3.8) is 0 Å². The summed E-state index contributed by atoms with van der Waals surface area (Å²) in [4.78, 5) is 29.0. The normalized spacial score (nSPS) is 27.8. The van der Waals surface area contributed by atoms with Gasteiger partial charge in [0.2, 0.25) is 11.9 Å². The number of hydrogen-bond acceptors (Lipinski definition) is 7. The fourth-order valence-corrected chi connectivity index (χ4v) is 5.28. The van der Waals surface area contributed by atoms with Crippen molar-refractivity contribution in [3.05, 3.63) is 17.5 Å². The quantitative estimate of drug-likeness (QED) is 0.731. The molecule has 1 spiro atoms. The third-order valence-electron chi connectivity index (χ3n) is 7.23.